The van der Waals surface area contributed by atoms with Crippen LogP contribution in [0.3, 0.4) is 0 Å². The molecule has 0 atom stereocenters. The lowest BCUT2D eigenvalue weighted by molar-refractivity contribution is -0.0202. The van der Waals surface area contributed by atoms with Crippen LogP contribution in [0.5, 0.6) is 0 Å². The molecule has 5 heteroatoms. The average Bonchev–Trinajstić information content (AvgIpc) is 2.14. The fourth-order valence-electron chi connectivity index (χ4n) is 1.45. The number of halogens is 1. The van der Waals surface area contributed by atoms with E-state index in [1.807, 2.05) is 0 Å². The number of nitrogens with zero attached hydrogens (tertiary/aromatic N) is 2. The van der Waals surface area contributed by atoms with Crippen LogP contribution in [0.25, 0.3) is 0 Å². The molecule has 1 heterocycles. The smallest absolute Gasteiger partial charge is 0.148 e. The predicted octanol–water partition coefficient (Wildman–Crippen LogP) is 1.46. The van der Waals surface area contributed by atoms with Crippen molar-refractivity contribution in [3.05, 3.63) is 17.5 Å². The first-order chi connectivity index (χ1) is 6.70. The highest BCUT2D eigenvalue weighted by molar-refractivity contribution is 6.32. The maximum absolute atomic E-state index is 9.81. The van der Waals surface area contributed by atoms with Gasteiger partial charge in [0.1, 0.15) is 17.2 Å². The summed E-state index contributed by atoms with van der Waals surface area (Å²) in [6.45, 7) is 0.504. The molecule has 1 aromatic heterocycles. The summed E-state index contributed by atoms with van der Waals surface area (Å²) in [5.41, 5.74) is -0.561. The van der Waals surface area contributed by atoms with Crippen molar-refractivity contribution in [1.29, 1.82) is 0 Å². The van der Waals surface area contributed by atoms with Crippen LogP contribution in [0.2, 0.25) is 5.02 Å². The third kappa shape index (κ3) is 1.96. The van der Waals surface area contributed by atoms with Crippen molar-refractivity contribution in [2.75, 3.05) is 11.9 Å². The molecular weight excluding hydrogens is 202 g/mol. The Labute approximate surface area is 87.3 Å². The first-order valence-electron chi connectivity index (χ1n) is 4.61. The zero-order valence-electron chi connectivity index (χ0n) is 7.70. The molecule has 0 radical (unpaired) electrons. The van der Waals surface area contributed by atoms with E-state index in [4.69, 9.17) is 11.6 Å². The largest absolute Gasteiger partial charge is 0.388 e. The fourth-order valence-corrected chi connectivity index (χ4v) is 1.62. The highest BCUT2D eigenvalue weighted by Gasteiger charge is 2.34. The fraction of sp³-hybridized carbons (Fsp3) is 0.556. The second-order valence-electron chi connectivity index (χ2n) is 3.65. The molecule has 4 nitrogen and oxygen atoms in total. The molecule has 76 valence electrons. The van der Waals surface area contributed by atoms with Crippen LogP contribution in [0, 0.1) is 0 Å². The molecule has 1 aliphatic rings. The Morgan fingerprint density at radius 3 is 2.93 bits per heavy atom. The molecule has 0 amide bonds. The monoisotopic (exact) mass is 213 g/mol. The number of anilines is 1. The van der Waals surface area contributed by atoms with E-state index in [2.05, 4.69) is 15.3 Å². The average molecular weight is 214 g/mol. The molecule has 0 aliphatic heterocycles. The van der Waals surface area contributed by atoms with E-state index in [1.165, 1.54) is 12.5 Å². The molecule has 14 heavy (non-hydrogen) atoms. The third-order valence-electron chi connectivity index (χ3n) is 2.54. The molecule has 0 aromatic carbocycles. The number of aliphatic hydroxyl groups is 1. The van der Waals surface area contributed by atoms with Crippen LogP contribution in [-0.2, 0) is 0 Å². The second kappa shape index (κ2) is 3.71. The Kier molecular flexibility index (Phi) is 2.56. The second-order valence-corrected chi connectivity index (χ2v) is 4.06. The van der Waals surface area contributed by atoms with Gasteiger partial charge >= 0.3 is 0 Å². The predicted molar refractivity (Wildman–Crippen MR) is 54.3 cm³/mol. The molecule has 0 saturated heterocycles. The molecular formula is C9H12ClN3O. The van der Waals surface area contributed by atoms with E-state index in [-0.39, 0.29) is 0 Å². The summed E-state index contributed by atoms with van der Waals surface area (Å²) in [7, 11) is 0. The Hall–Kier alpha value is -0.870. The van der Waals surface area contributed by atoms with Crippen LogP contribution in [0.1, 0.15) is 19.3 Å². The van der Waals surface area contributed by atoms with Crippen molar-refractivity contribution in [2.24, 2.45) is 0 Å². The molecule has 1 saturated carbocycles. The summed E-state index contributed by atoms with van der Waals surface area (Å²) in [5.74, 6) is 0.585. The van der Waals surface area contributed by atoms with E-state index in [1.54, 1.807) is 0 Å². The zero-order chi connectivity index (χ0) is 10.0. The van der Waals surface area contributed by atoms with Crippen LogP contribution in [0.4, 0.5) is 5.82 Å². The summed E-state index contributed by atoms with van der Waals surface area (Å²) in [5, 5.41) is 13.3. The number of hydrogen-bond acceptors (Lipinski definition) is 4. The van der Waals surface area contributed by atoms with Gasteiger partial charge in [0.2, 0.25) is 0 Å². The Morgan fingerprint density at radius 1 is 1.57 bits per heavy atom. The normalized spacial score (nSPS) is 18.7. The lowest BCUT2D eigenvalue weighted by Gasteiger charge is -2.36. The van der Waals surface area contributed by atoms with Crippen molar-refractivity contribution >= 4 is 17.4 Å². The van der Waals surface area contributed by atoms with E-state index in [9.17, 15) is 5.11 Å². The van der Waals surface area contributed by atoms with Gasteiger partial charge in [-0.15, -0.1) is 0 Å². The molecule has 0 bridgehead atoms. The highest BCUT2D eigenvalue weighted by Crippen LogP contribution is 2.31. The van der Waals surface area contributed by atoms with Gasteiger partial charge in [0.15, 0.2) is 0 Å². The minimum Gasteiger partial charge on any atom is -0.388 e. The van der Waals surface area contributed by atoms with Crippen molar-refractivity contribution in [1.82, 2.24) is 9.97 Å². The van der Waals surface area contributed by atoms with E-state index >= 15 is 0 Å². The summed E-state index contributed by atoms with van der Waals surface area (Å²) in [6.07, 6.45) is 5.75. The van der Waals surface area contributed by atoms with Crippen molar-refractivity contribution < 1.29 is 5.11 Å². The van der Waals surface area contributed by atoms with Gasteiger partial charge in [-0.1, -0.05) is 11.6 Å². The van der Waals surface area contributed by atoms with E-state index in [0.717, 1.165) is 19.3 Å². The van der Waals surface area contributed by atoms with Gasteiger partial charge in [-0.3, -0.25) is 0 Å². The van der Waals surface area contributed by atoms with Gasteiger partial charge in [0.05, 0.1) is 11.8 Å². The minimum absolute atomic E-state index is 0.482. The SMILES string of the molecule is OC1(CNc2ncncc2Cl)CCC1. The van der Waals surface area contributed by atoms with Gasteiger partial charge in [0.25, 0.3) is 0 Å². The summed E-state index contributed by atoms with van der Waals surface area (Å²) >= 11 is 5.85. The van der Waals surface area contributed by atoms with Gasteiger partial charge in [-0.2, -0.15) is 0 Å². The molecule has 1 aromatic rings. The Bertz CT molecular complexity index is 328. The van der Waals surface area contributed by atoms with Crippen LogP contribution >= 0.6 is 11.6 Å². The zero-order valence-corrected chi connectivity index (χ0v) is 8.46. The minimum atomic E-state index is -0.561. The third-order valence-corrected chi connectivity index (χ3v) is 2.81. The quantitative estimate of drug-likeness (QED) is 0.798. The van der Waals surface area contributed by atoms with Crippen molar-refractivity contribution in [3.63, 3.8) is 0 Å². The summed E-state index contributed by atoms with van der Waals surface area (Å²) < 4.78 is 0. The maximum atomic E-state index is 9.81. The van der Waals surface area contributed by atoms with Gasteiger partial charge < -0.3 is 10.4 Å². The number of hydrogen-bond donors (Lipinski definition) is 2. The lowest BCUT2D eigenvalue weighted by Crippen LogP contribution is -2.43. The summed E-state index contributed by atoms with van der Waals surface area (Å²) in [4.78, 5) is 7.75. The van der Waals surface area contributed by atoms with E-state index < -0.39 is 5.60 Å². The Morgan fingerprint density at radius 2 is 2.36 bits per heavy atom. The number of aromatic nitrogens is 2. The van der Waals surface area contributed by atoms with Crippen LogP contribution < -0.4 is 5.32 Å². The van der Waals surface area contributed by atoms with Crippen molar-refractivity contribution in [2.45, 2.75) is 24.9 Å². The van der Waals surface area contributed by atoms with Crippen LogP contribution in [0.15, 0.2) is 12.5 Å². The molecule has 1 fully saturated rings. The maximum Gasteiger partial charge on any atom is 0.148 e. The first-order valence-corrected chi connectivity index (χ1v) is 4.99. The van der Waals surface area contributed by atoms with Gasteiger partial charge in [0, 0.05) is 6.54 Å². The van der Waals surface area contributed by atoms with Crippen LogP contribution in [-0.4, -0.2) is 27.2 Å². The highest BCUT2D eigenvalue weighted by atomic mass is 35.5. The van der Waals surface area contributed by atoms with Crippen molar-refractivity contribution in [3.8, 4) is 0 Å². The Balaban J connectivity index is 1.95. The first kappa shape index (κ1) is 9.68. The number of rotatable bonds is 3. The summed E-state index contributed by atoms with van der Waals surface area (Å²) in [6, 6.07) is 0. The molecule has 0 spiro atoms. The molecule has 0 unspecified atom stereocenters. The standard InChI is InChI=1S/C9H12ClN3O/c10-7-4-11-6-13-8(7)12-5-9(14)2-1-3-9/h4,6,14H,1-3,5H2,(H,11,12,13). The van der Waals surface area contributed by atoms with Gasteiger partial charge in [-0.05, 0) is 19.3 Å². The van der Waals surface area contributed by atoms with E-state index in [0.29, 0.717) is 17.4 Å². The van der Waals surface area contributed by atoms with Gasteiger partial charge in [-0.25, -0.2) is 9.97 Å². The topological polar surface area (TPSA) is 58.0 Å². The molecule has 2 N–H and O–H groups in total. The molecule has 2 rings (SSSR count). The lowest BCUT2D eigenvalue weighted by atomic mass is 9.80. The molecule has 1 aliphatic carbocycles. The number of nitrogens with one attached hydrogen (secondary N) is 1.